The van der Waals surface area contributed by atoms with Crippen LogP contribution in [0.4, 0.5) is 0 Å². The Hall–Kier alpha value is -0.0200. The molecule has 2 nitrogen and oxygen atoms in total. The second-order valence-electron chi connectivity index (χ2n) is 0. The van der Waals surface area contributed by atoms with Gasteiger partial charge in [0.15, 0.2) is 0 Å². The molecule has 5 heavy (non-hydrogen) atoms. The van der Waals surface area contributed by atoms with Gasteiger partial charge in [-0.05, 0) is 0 Å². The van der Waals surface area contributed by atoms with Gasteiger partial charge in [0, 0.05) is 42.7 Å². The average Bonchev–Trinajstić information content (AvgIpc) is 1.50. The average molecular weight is 77.0 g/mol. The molecule has 0 atom stereocenters. The van der Waals surface area contributed by atoms with E-state index in [0.29, 0.717) is 0 Å². The minimum absolute atomic E-state index is 0. The molecule has 0 aromatic rings. The quantitative estimate of drug-likeness (QED) is 0.379. The fraction of sp³-hybridized carbons (Fsp3) is 0. The summed E-state index contributed by atoms with van der Waals surface area (Å²) in [5.41, 5.74) is 0. The molecule has 0 aliphatic heterocycles. The summed E-state index contributed by atoms with van der Waals surface area (Å²) >= 11 is 0. The van der Waals surface area contributed by atoms with E-state index in [1.165, 1.54) is 0 Å². The third kappa shape index (κ3) is 39000. The van der Waals surface area contributed by atoms with Crippen molar-refractivity contribution in [1.29, 1.82) is 10.5 Å². The molecule has 0 unspecified atom stereocenters. The molecule has 0 aromatic heterocycles. The smallest absolute Gasteiger partial charge is 0.0462 e. The van der Waals surface area contributed by atoms with E-state index in [2.05, 4.69) is 13.1 Å². The molecule has 0 saturated heterocycles. The Morgan fingerprint density at radius 3 is 0.800 bits per heavy atom. The van der Waals surface area contributed by atoms with Crippen molar-refractivity contribution < 1.29 is 0 Å². The Morgan fingerprint density at radius 1 is 0.800 bits per heavy atom. The Labute approximate surface area is 53.3 Å². The Morgan fingerprint density at radius 2 is 0.800 bits per heavy atom. The molecule has 0 fully saturated rings. The third-order valence-electron chi connectivity index (χ3n) is 0. The molecule has 1 radical (unpaired) electrons. The van der Waals surface area contributed by atoms with Gasteiger partial charge in [-0.3, -0.25) is 0 Å². The van der Waals surface area contributed by atoms with E-state index < -0.39 is 0 Å². The van der Waals surface area contributed by atoms with Crippen LogP contribution in [-0.2, 0) is 0 Å². The van der Waals surface area contributed by atoms with E-state index in [1.54, 1.807) is 0 Å². The van der Waals surface area contributed by atoms with Crippen molar-refractivity contribution in [3.63, 3.8) is 0 Å². The van der Waals surface area contributed by atoms with Crippen LogP contribution in [0, 0.1) is 23.7 Å². The SMILES string of the molecule is C#N.C#N.[Na]. The Kier molecular flexibility index (Phi) is 356000. The standard InChI is InChI=1S/2CHN.Na/c2*1-2;/h2*1H;. The topological polar surface area (TPSA) is 47.6 Å². The number of rotatable bonds is 0. The molecule has 0 saturated carbocycles. The molecule has 0 N–H and O–H groups in total. The summed E-state index contributed by atoms with van der Waals surface area (Å²) < 4.78 is 0. The first-order valence-corrected chi connectivity index (χ1v) is 0.516. The first-order chi connectivity index (χ1) is 2.00. The van der Waals surface area contributed by atoms with Gasteiger partial charge in [-0.25, -0.2) is 10.5 Å². The first-order valence-electron chi connectivity index (χ1n) is 0.516. The molecule has 0 heterocycles. The molecule has 3 heteroatoms. The zero-order valence-corrected chi connectivity index (χ0v) is 5.05. The molecular formula is C2H2N2Na. The first kappa shape index (κ1) is 20.1. The van der Waals surface area contributed by atoms with Gasteiger partial charge < -0.3 is 0 Å². The molecule has 0 aliphatic rings. The van der Waals surface area contributed by atoms with Crippen LogP contribution >= 0.6 is 0 Å². The van der Waals surface area contributed by atoms with Crippen LogP contribution in [0.15, 0.2) is 0 Å². The van der Waals surface area contributed by atoms with Crippen molar-refractivity contribution in [2.75, 3.05) is 0 Å². The van der Waals surface area contributed by atoms with Crippen molar-refractivity contribution in [3.8, 4) is 13.1 Å². The predicted octanol–water partition coefficient (Wildman–Crippen LogP) is -0.101. The van der Waals surface area contributed by atoms with Crippen LogP contribution in [-0.4, -0.2) is 29.6 Å². The summed E-state index contributed by atoms with van der Waals surface area (Å²) in [5.74, 6) is 0. The summed E-state index contributed by atoms with van der Waals surface area (Å²) in [5, 5.41) is 13.0. The van der Waals surface area contributed by atoms with Crippen molar-refractivity contribution in [3.05, 3.63) is 0 Å². The van der Waals surface area contributed by atoms with Crippen molar-refractivity contribution >= 4 is 29.6 Å². The largest absolute Gasteiger partial charge is 0.202 e. The molecule has 0 aliphatic carbocycles. The summed E-state index contributed by atoms with van der Waals surface area (Å²) in [6, 6.07) is 0. The number of hydrogen-bond donors (Lipinski definition) is 0. The number of hydrogen-bond acceptors (Lipinski definition) is 2. The second kappa shape index (κ2) is 88400. The van der Waals surface area contributed by atoms with Crippen LogP contribution in [0.1, 0.15) is 0 Å². The minimum atomic E-state index is 0. The maximum atomic E-state index is 6.50. The second-order valence-corrected chi connectivity index (χ2v) is 0. The molecule has 0 aromatic carbocycles. The van der Waals surface area contributed by atoms with Gasteiger partial charge in [0.25, 0.3) is 0 Å². The molecular weight excluding hydrogens is 75.0 g/mol. The van der Waals surface area contributed by atoms with E-state index in [-0.39, 0.29) is 29.6 Å². The summed E-state index contributed by atoms with van der Waals surface area (Å²) in [6.07, 6.45) is 0. The van der Waals surface area contributed by atoms with Gasteiger partial charge >= 0.3 is 0 Å². The van der Waals surface area contributed by atoms with Gasteiger partial charge in [0.1, 0.15) is 0 Å². The van der Waals surface area contributed by atoms with Crippen LogP contribution in [0.5, 0.6) is 0 Å². The molecule has 0 spiro atoms. The summed E-state index contributed by atoms with van der Waals surface area (Å²) in [6.45, 7) is 7.00. The number of nitrogens with zero attached hydrogens (tertiary/aromatic N) is 2. The predicted molar refractivity (Wildman–Crippen MR) is 19.1 cm³/mol. The Balaban J connectivity index is -0.0000000133. The third-order valence-corrected chi connectivity index (χ3v) is 0. The van der Waals surface area contributed by atoms with E-state index >= 15 is 0 Å². The number of nitriles is 2. The summed E-state index contributed by atoms with van der Waals surface area (Å²) in [7, 11) is 0. The molecule has 21 valence electrons. The van der Waals surface area contributed by atoms with Crippen LogP contribution < -0.4 is 0 Å². The van der Waals surface area contributed by atoms with Crippen LogP contribution in [0.25, 0.3) is 0 Å². The fourth-order valence-corrected chi connectivity index (χ4v) is 0. The summed E-state index contributed by atoms with van der Waals surface area (Å²) in [4.78, 5) is 0. The van der Waals surface area contributed by atoms with E-state index in [4.69, 9.17) is 10.5 Å². The minimum Gasteiger partial charge on any atom is -0.202 e. The van der Waals surface area contributed by atoms with Gasteiger partial charge in [0.05, 0.1) is 0 Å². The van der Waals surface area contributed by atoms with Gasteiger partial charge in [-0.1, -0.05) is 0 Å². The maximum absolute atomic E-state index is 6.50. The van der Waals surface area contributed by atoms with Crippen molar-refractivity contribution in [2.24, 2.45) is 0 Å². The van der Waals surface area contributed by atoms with Gasteiger partial charge in [-0.15, -0.1) is 0 Å². The zero-order chi connectivity index (χ0) is 4.00. The van der Waals surface area contributed by atoms with Crippen LogP contribution in [0.2, 0.25) is 0 Å². The Bertz CT molecular complexity index is 23.1. The van der Waals surface area contributed by atoms with Crippen LogP contribution in [0.3, 0.4) is 0 Å². The van der Waals surface area contributed by atoms with Gasteiger partial charge in [0.2, 0.25) is 0 Å². The maximum Gasteiger partial charge on any atom is 0.0462 e. The van der Waals surface area contributed by atoms with E-state index in [0.717, 1.165) is 0 Å². The van der Waals surface area contributed by atoms with Crippen molar-refractivity contribution in [1.82, 2.24) is 0 Å². The normalized spacial score (nSPS) is 0.800. The van der Waals surface area contributed by atoms with E-state index in [9.17, 15) is 0 Å². The van der Waals surface area contributed by atoms with Crippen molar-refractivity contribution in [2.45, 2.75) is 0 Å². The molecule has 0 rings (SSSR count). The fourth-order valence-electron chi connectivity index (χ4n) is 0. The van der Waals surface area contributed by atoms with E-state index in [1.807, 2.05) is 0 Å². The van der Waals surface area contributed by atoms with Gasteiger partial charge in [-0.2, -0.15) is 0 Å². The molecule has 0 bridgehead atoms. The zero-order valence-electron chi connectivity index (χ0n) is 3.05. The molecule has 0 amide bonds. The monoisotopic (exact) mass is 77.0 g/mol.